The first-order chi connectivity index (χ1) is 12.7. The van der Waals surface area contributed by atoms with Crippen molar-refractivity contribution in [2.24, 2.45) is 5.73 Å². The summed E-state index contributed by atoms with van der Waals surface area (Å²) in [6, 6.07) is 12.1. The van der Waals surface area contributed by atoms with Gasteiger partial charge in [-0.3, -0.25) is 9.52 Å². The topological polar surface area (TPSA) is 156 Å². The summed E-state index contributed by atoms with van der Waals surface area (Å²) in [4.78, 5) is 22.1. The van der Waals surface area contributed by atoms with Crippen LogP contribution < -0.4 is 10.5 Å². The van der Waals surface area contributed by atoms with Crippen LogP contribution in [0.4, 0.5) is 5.69 Å². The maximum absolute atomic E-state index is 12.3. The lowest BCUT2D eigenvalue weighted by molar-refractivity contribution is -0.159. The second-order valence-corrected chi connectivity index (χ2v) is 7.24. The third kappa shape index (κ3) is 5.51. The summed E-state index contributed by atoms with van der Waals surface area (Å²) >= 11 is 0. The smallest absolute Gasteiger partial charge is 0.335 e. The van der Waals surface area contributed by atoms with Crippen molar-refractivity contribution in [3.8, 4) is 0 Å². The summed E-state index contributed by atoms with van der Waals surface area (Å²) in [5.41, 5.74) is 5.99. The molecule has 2 rings (SSSR count). The van der Waals surface area contributed by atoms with Crippen molar-refractivity contribution < 1.29 is 33.0 Å². The molecule has 0 aromatic heterocycles. The third-order valence-corrected chi connectivity index (χ3v) is 4.91. The summed E-state index contributed by atoms with van der Waals surface area (Å²) in [5.74, 6) is -3.02. The summed E-state index contributed by atoms with van der Waals surface area (Å²) in [6.07, 6.45) is -1.74. The molecule has 144 valence electrons. The predicted molar refractivity (Wildman–Crippen MR) is 95.5 cm³/mol. The standard InChI is InChI=1S/C17H18N2O7S/c18-14(16(20)21)15(17(22)23)26-10-11-5-4-6-12(9-11)19-27(24,25)13-7-2-1-3-8-13/h1-9,14-15,19H,10,18H2,(H,20,21)(H,22,23)/t14-,15-/m0/s1. The minimum absolute atomic E-state index is 0.0880. The van der Waals surface area contributed by atoms with Gasteiger partial charge < -0.3 is 20.7 Å². The number of carboxylic acid groups (broad SMARTS) is 2. The lowest BCUT2D eigenvalue weighted by Gasteiger charge is -2.17. The first-order valence-electron chi connectivity index (χ1n) is 7.70. The molecule has 9 nitrogen and oxygen atoms in total. The van der Waals surface area contributed by atoms with E-state index in [1.807, 2.05) is 0 Å². The van der Waals surface area contributed by atoms with E-state index in [9.17, 15) is 18.0 Å². The Morgan fingerprint density at radius 1 is 1.04 bits per heavy atom. The third-order valence-electron chi connectivity index (χ3n) is 3.52. The van der Waals surface area contributed by atoms with Crippen LogP contribution in [0.2, 0.25) is 0 Å². The largest absolute Gasteiger partial charge is 0.480 e. The van der Waals surface area contributed by atoms with Crippen molar-refractivity contribution >= 4 is 27.6 Å². The van der Waals surface area contributed by atoms with Gasteiger partial charge in [-0.25, -0.2) is 13.2 Å². The zero-order valence-corrected chi connectivity index (χ0v) is 14.8. The minimum atomic E-state index is -3.78. The van der Waals surface area contributed by atoms with E-state index in [1.165, 1.54) is 24.3 Å². The molecule has 5 N–H and O–H groups in total. The van der Waals surface area contributed by atoms with E-state index >= 15 is 0 Å². The van der Waals surface area contributed by atoms with Gasteiger partial charge in [0.15, 0.2) is 6.10 Å². The van der Waals surface area contributed by atoms with Gasteiger partial charge in [0.1, 0.15) is 6.04 Å². The fourth-order valence-corrected chi connectivity index (χ4v) is 3.25. The highest BCUT2D eigenvalue weighted by molar-refractivity contribution is 7.92. The Balaban J connectivity index is 2.11. The number of carboxylic acids is 2. The molecule has 0 amide bonds. The van der Waals surface area contributed by atoms with Crippen LogP contribution >= 0.6 is 0 Å². The lowest BCUT2D eigenvalue weighted by atomic mass is 10.1. The first-order valence-corrected chi connectivity index (χ1v) is 9.18. The van der Waals surface area contributed by atoms with Crippen molar-refractivity contribution in [1.29, 1.82) is 0 Å². The van der Waals surface area contributed by atoms with E-state index < -0.39 is 34.1 Å². The zero-order chi connectivity index (χ0) is 20.0. The molecule has 0 unspecified atom stereocenters. The van der Waals surface area contributed by atoms with Crippen LogP contribution in [0, 0.1) is 0 Å². The molecule has 0 aliphatic heterocycles. The van der Waals surface area contributed by atoms with Gasteiger partial charge in [-0.2, -0.15) is 0 Å². The summed E-state index contributed by atoms with van der Waals surface area (Å²) < 4.78 is 32.2. The van der Waals surface area contributed by atoms with Gasteiger partial charge in [-0.1, -0.05) is 30.3 Å². The molecule has 0 bridgehead atoms. The average molecular weight is 394 g/mol. The number of hydrogen-bond donors (Lipinski definition) is 4. The van der Waals surface area contributed by atoms with Gasteiger partial charge >= 0.3 is 11.9 Å². The van der Waals surface area contributed by atoms with Gasteiger partial charge in [0.2, 0.25) is 0 Å². The van der Waals surface area contributed by atoms with E-state index in [0.717, 1.165) is 0 Å². The molecule has 2 atom stereocenters. The molecule has 0 aliphatic carbocycles. The molecular weight excluding hydrogens is 376 g/mol. The first kappa shape index (κ1) is 20.4. The molecule has 2 aromatic rings. The van der Waals surface area contributed by atoms with E-state index in [0.29, 0.717) is 5.56 Å². The van der Waals surface area contributed by atoms with Crippen molar-refractivity contribution in [1.82, 2.24) is 0 Å². The number of aliphatic carboxylic acids is 2. The molecule has 0 fully saturated rings. The Kier molecular flexibility index (Phi) is 6.50. The Hall–Kier alpha value is -2.95. The number of sulfonamides is 1. The molecule has 2 aromatic carbocycles. The number of anilines is 1. The van der Waals surface area contributed by atoms with E-state index in [1.54, 1.807) is 30.3 Å². The Bertz CT molecular complexity index is 916. The number of ether oxygens (including phenoxy) is 1. The number of hydrogen-bond acceptors (Lipinski definition) is 6. The minimum Gasteiger partial charge on any atom is -0.480 e. The van der Waals surface area contributed by atoms with Gasteiger partial charge in [-0.15, -0.1) is 0 Å². The van der Waals surface area contributed by atoms with Crippen LogP contribution in [0.1, 0.15) is 5.56 Å². The number of nitrogens with two attached hydrogens (primary N) is 1. The van der Waals surface area contributed by atoms with Gasteiger partial charge in [0.25, 0.3) is 10.0 Å². The Morgan fingerprint density at radius 2 is 1.70 bits per heavy atom. The van der Waals surface area contributed by atoms with E-state index in [2.05, 4.69) is 4.72 Å². The molecule has 0 spiro atoms. The summed E-state index contributed by atoms with van der Waals surface area (Å²) in [7, 11) is -3.78. The van der Waals surface area contributed by atoms with Gasteiger partial charge in [0.05, 0.1) is 11.5 Å². The maximum atomic E-state index is 12.3. The van der Waals surface area contributed by atoms with Crippen LogP contribution in [0.25, 0.3) is 0 Å². The highest BCUT2D eigenvalue weighted by atomic mass is 32.2. The van der Waals surface area contributed by atoms with Gasteiger partial charge in [0, 0.05) is 5.69 Å². The molecule has 27 heavy (non-hydrogen) atoms. The van der Waals surface area contributed by atoms with E-state index in [4.69, 9.17) is 20.7 Å². The normalized spacial score (nSPS) is 13.5. The molecule has 0 saturated carbocycles. The average Bonchev–Trinajstić information content (AvgIpc) is 2.62. The second-order valence-electron chi connectivity index (χ2n) is 5.55. The van der Waals surface area contributed by atoms with Crippen LogP contribution in [-0.4, -0.2) is 42.7 Å². The Labute approximate surface area is 155 Å². The molecule has 0 saturated heterocycles. The SMILES string of the molecule is N[C@H](C(=O)O)[C@H](OCc1cccc(NS(=O)(=O)c2ccccc2)c1)C(=O)O. The van der Waals surface area contributed by atoms with Crippen LogP contribution in [0.3, 0.4) is 0 Å². The second kappa shape index (κ2) is 8.62. The predicted octanol–water partition coefficient (Wildman–Crippen LogP) is 0.869. The highest BCUT2D eigenvalue weighted by Crippen LogP contribution is 2.18. The number of carbonyl (C=O) groups is 2. The molecular formula is C17H18N2O7S. The molecule has 0 aliphatic rings. The molecule has 0 radical (unpaired) electrons. The van der Waals surface area contributed by atoms with Crippen molar-refractivity contribution in [3.05, 3.63) is 60.2 Å². The maximum Gasteiger partial charge on any atom is 0.335 e. The van der Waals surface area contributed by atoms with E-state index in [-0.39, 0.29) is 17.2 Å². The van der Waals surface area contributed by atoms with Crippen molar-refractivity contribution in [3.63, 3.8) is 0 Å². The lowest BCUT2D eigenvalue weighted by Crippen LogP contribution is -2.47. The summed E-state index contributed by atoms with van der Waals surface area (Å²) in [5, 5.41) is 17.9. The number of nitrogens with one attached hydrogen (secondary N) is 1. The van der Waals surface area contributed by atoms with Gasteiger partial charge in [-0.05, 0) is 29.8 Å². The van der Waals surface area contributed by atoms with Crippen LogP contribution in [0.15, 0.2) is 59.5 Å². The van der Waals surface area contributed by atoms with Crippen molar-refractivity contribution in [2.45, 2.75) is 23.6 Å². The fourth-order valence-electron chi connectivity index (χ4n) is 2.18. The number of benzene rings is 2. The monoisotopic (exact) mass is 394 g/mol. The van der Waals surface area contributed by atoms with Crippen LogP contribution in [0.5, 0.6) is 0 Å². The quantitative estimate of drug-likeness (QED) is 0.488. The molecule has 10 heteroatoms. The Morgan fingerprint density at radius 3 is 2.30 bits per heavy atom. The highest BCUT2D eigenvalue weighted by Gasteiger charge is 2.31. The van der Waals surface area contributed by atoms with Crippen molar-refractivity contribution in [2.75, 3.05) is 4.72 Å². The number of rotatable bonds is 9. The molecule has 0 heterocycles. The fraction of sp³-hybridized carbons (Fsp3) is 0.176. The zero-order valence-electron chi connectivity index (χ0n) is 14.0. The van der Waals surface area contributed by atoms with Crippen LogP contribution in [-0.2, 0) is 31.0 Å². The summed E-state index contributed by atoms with van der Waals surface area (Å²) in [6.45, 7) is -0.265.